The second-order valence-electron chi connectivity index (χ2n) is 21.0. The van der Waals surface area contributed by atoms with E-state index >= 15 is 0 Å². The summed E-state index contributed by atoms with van der Waals surface area (Å²) in [7, 11) is 0. The number of aromatic nitrogens is 1. The summed E-state index contributed by atoms with van der Waals surface area (Å²) in [5.41, 5.74) is 20.3. The van der Waals surface area contributed by atoms with Crippen LogP contribution in [0.3, 0.4) is 0 Å². The number of hydrogen-bond acceptors (Lipinski definition) is 5. The molecule has 0 bridgehead atoms. The third-order valence-corrected chi connectivity index (χ3v) is 14.1. The molecule has 0 saturated carbocycles. The summed E-state index contributed by atoms with van der Waals surface area (Å²) < 4.78 is 0. The fraction of sp³-hybridized carbons (Fsp3) is 0.118. The molecular formula is C68H56N5Pt-3. The van der Waals surface area contributed by atoms with Crippen molar-refractivity contribution in [3.05, 3.63) is 255 Å². The van der Waals surface area contributed by atoms with Crippen LogP contribution in [0, 0.1) is 18.8 Å². The normalized spacial score (nSPS) is 12.8. The second kappa shape index (κ2) is 19.5. The van der Waals surface area contributed by atoms with Crippen LogP contribution in [-0.4, -0.2) is 4.98 Å². The topological polar surface area (TPSA) is 25.9 Å². The van der Waals surface area contributed by atoms with Crippen molar-refractivity contribution in [2.24, 2.45) is 0 Å². The summed E-state index contributed by atoms with van der Waals surface area (Å²) in [6, 6.07) is 86.7. The van der Waals surface area contributed by atoms with Gasteiger partial charge >= 0.3 is 0 Å². The van der Waals surface area contributed by atoms with Gasteiger partial charge in [-0.05, 0) is 92.7 Å². The number of para-hydroxylation sites is 3. The molecule has 9 aromatic carbocycles. The zero-order valence-corrected chi connectivity index (χ0v) is 44.8. The van der Waals surface area contributed by atoms with Gasteiger partial charge in [-0.15, -0.1) is 53.8 Å². The van der Waals surface area contributed by atoms with Gasteiger partial charge in [0.25, 0.3) is 0 Å². The van der Waals surface area contributed by atoms with Gasteiger partial charge in [0.05, 0.1) is 5.69 Å². The summed E-state index contributed by atoms with van der Waals surface area (Å²) in [6.07, 6.45) is 1.88. The third-order valence-electron chi connectivity index (χ3n) is 14.1. The Morgan fingerprint density at radius 3 is 1.69 bits per heavy atom. The maximum Gasteiger partial charge on any atom is 0.135 e. The van der Waals surface area contributed by atoms with E-state index in [9.17, 15) is 0 Å². The molecular weight excluding hydrogens is 1080 g/mol. The summed E-state index contributed by atoms with van der Waals surface area (Å²) in [6.45, 7) is 15.9. The Balaban J connectivity index is 0.00000588. The zero-order valence-electron chi connectivity index (χ0n) is 42.5. The largest absolute Gasteiger partial charge is 0.493 e. The van der Waals surface area contributed by atoms with Gasteiger partial charge in [-0.1, -0.05) is 210 Å². The van der Waals surface area contributed by atoms with E-state index in [0.29, 0.717) is 0 Å². The Labute approximate surface area is 451 Å². The average Bonchev–Trinajstić information content (AvgIpc) is 3.76. The molecule has 0 radical (unpaired) electrons. The molecule has 2 aliphatic rings. The van der Waals surface area contributed by atoms with E-state index in [0.717, 1.165) is 102 Å². The molecule has 0 fully saturated rings. The van der Waals surface area contributed by atoms with E-state index in [1.807, 2.05) is 12.3 Å². The molecule has 74 heavy (non-hydrogen) atoms. The van der Waals surface area contributed by atoms with E-state index in [-0.39, 0.29) is 31.9 Å². The quantitative estimate of drug-likeness (QED) is 0.141. The van der Waals surface area contributed by atoms with E-state index < -0.39 is 0 Å². The first-order chi connectivity index (χ1) is 35.5. The minimum atomic E-state index is -0.0761. The molecule has 366 valence electrons. The molecule has 0 amide bonds. The molecule has 0 unspecified atom stereocenters. The van der Waals surface area contributed by atoms with Gasteiger partial charge < -0.3 is 19.6 Å². The van der Waals surface area contributed by atoms with Crippen molar-refractivity contribution < 1.29 is 21.1 Å². The maximum atomic E-state index is 5.07. The van der Waals surface area contributed by atoms with Crippen molar-refractivity contribution in [1.29, 1.82) is 0 Å². The molecule has 0 spiro atoms. The maximum absolute atomic E-state index is 5.07. The van der Waals surface area contributed by atoms with Crippen LogP contribution in [0.1, 0.15) is 52.7 Å². The fourth-order valence-corrected chi connectivity index (χ4v) is 10.5. The third kappa shape index (κ3) is 8.90. The van der Waals surface area contributed by atoms with Gasteiger partial charge in [0.2, 0.25) is 0 Å². The Morgan fingerprint density at radius 1 is 0.432 bits per heavy atom. The van der Waals surface area contributed by atoms with Crippen LogP contribution in [-0.2, 0) is 31.9 Å². The van der Waals surface area contributed by atoms with Crippen molar-refractivity contribution in [2.45, 2.75) is 52.4 Å². The Kier molecular flexibility index (Phi) is 12.7. The Morgan fingerprint density at radius 2 is 1.03 bits per heavy atom. The summed E-state index contributed by atoms with van der Waals surface area (Å²) in [5.74, 6) is 0.804. The number of pyridine rings is 1. The number of rotatable bonds is 8. The van der Waals surface area contributed by atoms with Crippen LogP contribution >= 0.6 is 0 Å². The molecule has 5 nitrogen and oxygen atoms in total. The summed E-state index contributed by atoms with van der Waals surface area (Å²) >= 11 is 0. The van der Waals surface area contributed by atoms with Gasteiger partial charge in [0, 0.05) is 55.6 Å². The van der Waals surface area contributed by atoms with Crippen LogP contribution in [0.2, 0.25) is 0 Å². The number of hydrogen-bond donors (Lipinski definition) is 0. The predicted octanol–water partition coefficient (Wildman–Crippen LogP) is 18.6. The van der Waals surface area contributed by atoms with Crippen molar-refractivity contribution in [3.8, 4) is 44.5 Å². The van der Waals surface area contributed by atoms with Crippen LogP contribution in [0.15, 0.2) is 225 Å². The first-order valence-electron chi connectivity index (χ1n) is 25.2. The first kappa shape index (κ1) is 48.3. The van der Waals surface area contributed by atoms with Gasteiger partial charge in [-0.3, -0.25) is 0 Å². The smallest absolute Gasteiger partial charge is 0.135 e. The molecule has 0 atom stereocenters. The molecule has 6 heteroatoms. The van der Waals surface area contributed by atoms with E-state index in [1.165, 1.54) is 11.1 Å². The van der Waals surface area contributed by atoms with Crippen LogP contribution < -0.4 is 19.6 Å². The van der Waals surface area contributed by atoms with Crippen LogP contribution in [0.25, 0.3) is 44.5 Å². The fourth-order valence-electron chi connectivity index (χ4n) is 10.5. The summed E-state index contributed by atoms with van der Waals surface area (Å²) in [5, 5.41) is 0. The molecule has 3 heterocycles. The Bertz CT molecular complexity index is 3640. The van der Waals surface area contributed by atoms with Crippen molar-refractivity contribution in [2.75, 3.05) is 19.6 Å². The van der Waals surface area contributed by atoms with Crippen molar-refractivity contribution in [3.63, 3.8) is 0 Å². The minimum Gasteiger partial charge on any atom is -0.493 e. The zero-order chi connectivity index (χ0) is 49.8. The van der Waals surface area contributed by atoms with Gasteiger partial charge in [-0.2, -0.15) is 6.07 Å². The van der Waals surface area contributed by atoms with Gasteiger partial charge in [0.15, 0.2) is 0 Å². The molecule has 0 saturated heterocycles. The first-order valence-corrected chi connectivity index (χ1v) is 25.2. The van der Waals surface area contributed by atoms with E-state index in [4.69, 9.17) is 4.98 Å². The molecule has 2 aliphatic heterocycles. The predicted molar refractivity (Wildman–Crippen MR) is 305 cm³/mol. The SMILES string of the molecule is CC(C)(C)c1ccc(N(c2[c-]c3c(cc2)-c2ccccc2-c2ccc(-c4ccccc4)cc2N3c2ccccn2)c2[c-]c(N3[CH-]N(c4ccccc4C(C)(C)C)c4ccccc43)cc(-c3ccccc3)c2)cc1.[Pt]. The Hall–Kier alpha value is -7.98. The standard InChI is InChI=1S/C68H56N5.Pt/c1-67(2,3)51-33-35-52(36-34-51)72(55-42-50(48-23-11-8-12-24-48)41-54(44-55)70-46-71(63-30-18-17-29-62(63)70)61-28-16-15-27-60(61)68(4,5)6)53-37-39-59-57-26-14-13-25-56(57)58-38-32-49(47-21-9-7-10-22-47)43-64(58)73(65(59)45-53)66-31-19-20-40-69-66;/h7-43,46H,1-6H3;/q-3;. The molecule has 1 aromatic heterocycles. The average molecular weight is 1140 g/mol. The van der Waals surface area contributed by atoms with E-state index in [2.05, 4.69) is 292 Å². The summed E-state index contributed by atoms with van der Waals surface area (Å²) in [4.78, 5) is 14.3. The number of fused-ring (bicyclic) bond motifs is 6. The second-order valence-corrected chi connectivity index (χ2v) is 21.0. The number of nitrogens with zero attached hydrogens (tertiary/aromatic N) is 5. The molecule has 12 rings (SSSR count). The van der Waals surface area contributed by atoms with Crippen LogP contribution in [0.4, 0.5) is 57.0 Å². The molecule has 10 aromatic rings. The monoisotopic (exact) mass is 1140 g/mol. The van der Waals surface area contributed by atoms with Crippen LogP contribution in [0.5, 0.6) is 0 Å². The van der Waals surface area contributed by atoms with Gasteiger partial charge in [-0.25, -0.2) is 4.98 Å². The number of anilines is 10. The number of benzene rings is 9. The minimum absolute atomic E-state index is 0. The van der Waals surface area contributed by atoms with Crippen molar-refractivity contribution in [1.82, 2.24) is 4.98 Å². The molecule has 0 aliphatic carbocycles. The van der Waals surface area contributed by atoms with Gasteiger partial charge in [0.1, 0.15) is 5.82 Å². The van der Waals surface area contributed by atoms with E-state index in [1.54, 1.807) is 0 Å². The van der Waals surface area contributed by atoms with Crippen molar-refractivity contribution >= 4 is 57.0 Å². The molecule has 0 N–H and O–H groups in total.